The number of nitrogens with two attached hydrogens (primary N) is 1. The summed E-state index contributed by atoms with van der Waals surface area (Å²) in [4.78, 5) is 28.4. The molecule has 2 heterocycles. The van der Waals surface area contributed by atoms with Gasteiger partial charge in [-0.15, -0.1) is 0 Å². The fourth-order valence-corrected chi connectivity index (χ4v) is 2.97. The lowest BCUT2D eigenvalue weighted by Gasteiger charge is -2.09. The second-order valence-corrected chi connectivity index (χ2v) is 5.40. The third-order valence-corrected chi connectivity index (χ3v) is 4.11. The first-order chi connectivity index (χ1) is 10.2. The van der Waals surface area contributed by atoms with Crippen LogP contribution in [0.2, 0.25) is 0 Å². The molecule has 0 unspecified atom stereocenters. The van der Waals surface area contributed by atoms with Crippen LogP contribution >= 0.6 is 11.3 Å². The summed E-state index contributed by atoms with van der Waals surface area (Å²) in [6.07, 6.45) is 1.59. The molecule has 0 saturated heterocycles. The maximum Gasteiger partial charge on any atom is 0.310 e. The van der Waals surface area contributed by atoms with Crippen molar-refractivity contribution in [3.8, 4) is 0 Å². The minimum absolute atomic E-state index is 0.131. The van der Waals surface area contributed by atoms with Crippen molar-refractivity contribution in [2.24, 2.45) is 5.84 Å². The van der Waals surface area contributed by atoms with Gasteiger partial charge in [-0.25, -0.2) is 10.8 Å². The molecule has 2 aromatic heterocycles. The van der Waals surface area contributed by atoms with Crippen molar-refractivity contribution in [3.05, 3.63) is 68.2 Å². The average molecular weight is 300 g/mol. The van der Waals surface area contributed by atoms with E-state index in [4.69, 9.17) is 5.84 Å². The molecule has 0 amide bonds. The van der Waals surface area contributed by atoms with E-state index in [9.17, 15) is 9.59 Å². The highest BCUT2D eigenvalue weighted by molar-refractivity contribution is 7.16. The van der Waals surface area contributed by atoms with E-state index in [0.29, 0.717) is 21.5 Å². The van der Waals surface area contributed by atoms with Crippen LogP contribution in [0.3, 0.4) is 0 Å². The lowest BCUT2D eigenvalue weighted by Crippen LogP contribution is -2.31. The molecular formula is C14H12N4O2S. The SMILES string of the molecule is NNc1ncccc1Cn1c(=O)sc2ccccc2c1=O. The van der Waals surface area contributed by atoms with Crippen molar-refractivity contribution < 1.29 is 0 Å². The Hall–Kier alpha value is -2.51. The van der Waals surface area contributed by atoms with Crippen LogP contribution in [-0.4, -0.2) is 9.55 Å². The first kappa shape index (κ1) is 13.5. The molecule has 3 rings (SSSR count). The highest BCUT2D eigenvalue weighted by atomic mass is 32.1. The van der Waals surface area contributed by atoms with Gasteiger partial charge in [-0.2, -0.15) is 0 Å². The molecule has 0 spiro atoms. The van der Waals surface area contributed by atoms with Crippen LogP contribution in [0.5, 0.6) is 0 Å². The number of fused-ring (bicyclic) bond motifs is 1. The second kappa shape index (κ2) is 5.47. The molecule has 0 aliphatic heterocycles. The lowest BCUT2D eigenvalue weighted by molar-refractivity contribution is 0.750. The predicted molar refractivity (Wildman–Crippen MR) is 83.5 cm³/mol. The zero-order valence-corrected chi connectivity index (χ0v) is 11.8. The molecule has 3 N–H and O–H groups in total. The van der Waals surface area contributed by atoms with Crippen molar-refractivity contribution in [2.75, 3.05) is 5.43 Å². The second-order valence-electron chi connectivity index (χ2n) is 4.41. The topological polar surface area (TPSA) is 90.0 Å². The van der Waals surface area contributed by atoms with Gasteiger partial charge in [0.05, 0.1) is 11.9 Å². The van der Waals surface area contributed by atoms with Crippen molar-refractivity contribution in [2.45, 2.75) is 6.54 Å². The largest absolute Gasteiger partial charge is 0.310 e. The minimum Gasteiger partial charge on any atom is -0.308 e. The molecule has 0 atom stereocenters. The van der Waals surface area contributed by atoms with E-state index in [1.807, 2.05) is 0 Å². The lowest BCUT2D eigenvalue weighted by atomic mass is 10.2. The fourth-order valence-electron chi connectivity index (χ4n) is 2.11. The van der Waals surface area contributed by atoms with E-state index in [-0.39, 0.29) is 17.0 Å². The third-order valence-electron chi connectivity index (χ3n) is 3.14. The van der Waals surface area contributed by atoms with Gasteiger partial charge in [-0.1, -0.05) is 29.5 Å². The van der Waals surface area contributed by atoms with Crippen LogP contribution in [0.25, 0.3) is 10.1 Å². The molecule has 6 nitrogen and oxygen atoms in total. The molecule has 0 aliphatic rings. The number of hydrazine groups is 1. The quantitative estimate of drug-likeness (QED) is 0.559. The van der Waals surface area contributed by atoms with Crippen LogP contribution in [0.1, 0.15) is 5.56 Å². The van der Waals surface area contributed by atoms with E-state index >= 15 is 0 Å². The average Bonchev–Trinajstić information content (AvgIpc) is 2.52. The van der Waals surface area contributed by atoms with Gasteiger partial charge in [0.1, 0.15) is 5.82 Å². The summed E-state index contributed by atoms with van der Waals surface area (Å²) in [6, 6.07) is 10.6. The van der Waals surface area contributed by atoms with Gasteiger partial charge in [0.25, 0.3) is 5.56 Å². The predicted octanol–water partition coefficient (Wildman–Crippen LogP) is 1.15. The van der Waals surface area contributed by atoms with Crippen LogP contribution in [0.4, 0.5) is 5.82 Å². The normalized spacial score (nSPS) is 10.7. The van der Waals surface area contributed by atoms with Gasteiger partial charge in [0, 0.05) is 16.5 Å². The highest BCUT2D eigenvalue weighted by Crippen LogP contribution is 2.13. The van der Waals surface area contributed by atoms with Crippen molar-refractivity contribution in [1.82, 2.24) is 9.55 Å². The number of hydrogen-bond acceptors (Lipinski definition) is 6. The Morgan fingerprint density at radius 3 is 2.81 bits per heavy atom. The van der Waals surface area contributed by atoms with Crippen molar-refractivity contribution in [1.29, 1.82) is 0 Å². The van der Waals surface area contributed by atoms with E-state index in [0.717, 1.165) is 11.3 Å². The number of nitrogens with one attached hydrogen (secondary N) is 1. The smallest absolute Gasteiger partial charge is 0.308 e. The first-order valence-corrected chi connectivity index (χ1v) is 7.05. The Labute approximate surface area is 123 Å². The summed E-state index contributed by atoms with van der Waals surface area (Å²) in [6.45, 7) is 0.131. The Morgan fingerprint density at radius 2 is 2.00 bits per heavy atom. The summed E-state index contributed by atoms with van der Waals surface area (Å²) in [5.41, 5.74) is 2.84. The number of aromatic nitrogens is 2. The van der Waals surface area contributed by atoms with Crippen LogP contribution in [-0.2, 0) is 6.54 Å². The number of pyridine rings is 1. The number of hydrogen-bond donors (Lipinski definition) is 2. The molecule has 21 heavy (non-hydrogen) atoms. The number of nitrogen functional groups attached to an aromatic ring is 1. The van der Waals surface area contributed by atoms with Crippen LogP contribution < -0.4 is 21.7 Å². The van der Waals surface area contributed by atoms with E-state index < -0.39 is 0 Å². The monoisotopic (exact) mass is 300 g/mol. The number of nitrogens with zero attached hydrogens (tertiary/aromatic N) is 2. The fraction of sp³-hybridized carbons (Fsp3) is 0.0714. The first-order valence-electron chi connectivity index (χ1n) is 6.24. The van der Waals surface area contributed by atoms with E-state index in [2.05, 4.69) is 10.4 Å². The minimum atomic E-state index is -0.304. The molecule has 0 aliphatic carbocycles. The maximum absolute atomic E-state index is 12.5. The molecule has 7 heteroatoms. The van der Waals surface area contributed by atoms with E-state index in [1.54, 1.807) is 42.6 Å². The number of benzene rings is 1. The van der Waals surface area contributed by atoms with Crippen LogP contribution in [0.15, 0.2) is 52.2 Å². The Morgan fingerprint density at radius 1 is 1.19 bits per heavy atom. The van der Waals surface area contributed by atoms with Gasteiger partial charge in [-0.05, 0) is 18.2 Å². The molecule has 0 bridgehead atoms. The Bertz CT molecular complexity index is 916. The molecule has 0 saturated carbocycles. The standard InChI is InChI=1S/C14H12N4O2S/c15-17-12-9(4-3-7-16-12)8-18-13(19)10-5-1-2-6-11(10)21-14(18)20/h1-7H,8,15H2,(H,16,17). The summed E-state index contributed by atoms with van der Waals surface area (Å²) >= 11 is 1.05. The van der Waals surface area contributed by atoms with Gasteiger partial charge in [0.15, 0.2) is 0 Å². The molecule has 1 aromatic carbocycles. The summed E-state index contributed by atoms with van der Waals surface area (Å²) in [5.74, 6) is 5.84. The number of anilines is 1. The maximum atomic E-state index is 12.5. The molecule has 0 fully saturated rings. The summed E-state index contributed by atoms with van der Waals surface area (Å²) < 4.78 is 1.89. The molecule has 0 radical (unpaired) electrons. The molecule has 106 valence electrons. The molecular weight excluding hydrogens is 288 g/mol. The Kier molecular flexibility index (Phi) is 3.51. The van der Waals surface area contributed by atoms with Gasteiger partial charge >= 0.3 is 4.87 Å². The van der Waals surface area contributed by atoms with E-state index in [1.165, 1.54) is 4.57 Å². The van der Waals surface area contributed by atoms with Gasteiger partial charge in [0.2, 0.25) is 0 Å². The van der Waals surface area contributed by atoms with Crippen LogP contribution in [0, 0.1) is 0 Å². The summed E-state index contributed by atoms with van der Waals surface area (Å²) in [5, 5.41) is 0.535. The summed E-state index contributed by atoms with van der Waals surface area (Å²) in [7, 11) is 0. The van der Waals surface area contributed by atoms with Gasteiger partial charge < -0.3 is 5.43 Å². The van der Waals surface area contributed by atoms with Crippen molar-refractivity contribution >= 4 is 27.2 Å². The zero-order valence-electron chi connectivity index (χ0n) is 10.9. The highest BCUT2D eigenvalue weighted by Gasteiger charge is 2.10. The number of rotatable bonds is 3. The third kappa shape index (κ3) is 2.44. The molecule has 3 aromatic rings. The Balaban J connectivity index is 2.17. The van der Waals surface area contributed by atoms with Gasteiger partial charge in [-0.3, -0.25) is 14.2 Å². The van der Waals surface area contributed by atoms with Crippen molar-refractivity contribution in [3.63, 3.8) is 0 Å². The zero-order chi connectivity index (χ0) is 14.8.